The largest absolute Gasteiger partial charge is 0.206 e. The maximum absolute atomic E-state index is 13.3. The predicted octanol–water partition coefficient (Wildman–Crippen LogP) is 4.38. The number of rotatable bonds is 3. The Morgan fingerprint density at radius 1 is 1.36 bits per heavy atom. The molecule has 0 fully saturated rings. The Hall–Kier alpha value is -0.890. The zero-order valence-electron chi connectivity index (χ0n) is 8.22. The highest BCUT2D eigenvalue weighted by atomic mass is 32.1. The van der Waals surface area contributed by atoms with Crippen molar-refractivity contribution in [2.45, 2.75) is 26.2 Å². The molecular weight excluding hydrogens is 195 g/mol. The van der Waals surface area contributed by atoms with Crippen molar-refractivity contribution in [3.63, 3.8) is 0 Å². The van der Waals surface area contributed by atoms with Crippen LogP contribution in [0.2, 0.25) is 0 Å². The van der Waals surface area contributed by atoms with Crippen molar-refractivity contribution >= 4 is 21.4 Å². The Morgan fingerprint density at radius 3 is 2.93 bits per heavy atom. The van der Waals surface area contributed by atoms with E-state index in [0.717, 1.165) is 16.5 Å². The lowest BCUT2D eigenvalue weighted by molar-refractivity contribution is 0.640. The molecule has 2 aromatic rings. The first-order valence-corrected chi connectivity index (χ1v) is 5.80. The van der Waals surface area contributed by atoms with Gasteiger partial charge in [0.15, 0.2) is 0 Å². The van der Waals surface area contributed by atoms with Crippen LogP contribution in [0.3, 0.4) is 0 Å². The third kappa shape index (κ3) is 1.80. The molecule has 0 unspecified atom stereocenters. The summed E-state index contributed by atoms with van der Waals surface area (Å²) >= 11 is 1.71. The van der Waals surface area contributed by atoms with Gasteiger partial charge in [0, 0.05) is 15.0 Å². The van der Waals surface area contributed by atoms with Gasteiger partial charge >= 0.3 is 0 Å². The van der Waals surface area contributed by atoms with E-state index in [-0.39, 0.29) is 5.82 Å². The van der Waals surface area contributed by atoms with Crippen LogP contribution in [-0.4, -0.2) is 0 Å². The summed E-state index contributed by atoms with van der Waals surface area (Å²) < 4.78 is 14.4. The lowest BCUT2D eigenvalue weighted by Crippen LogP contribution is -1.77. The lowest BCUT2D eigenvalue weighted by Gasteiger charge is -1.90. The predicted molar refractivity (Wildman–Crippen MR) is 60.4 cm³/mol. The second-order valence-corrected chi connectivity index (χ2v) is 4.64. The van der Waals surface area contributed by atoms with Crippen molar-refractivity contribution in [1.29, 1.82) is 0 Å². The molecule has 0 aliphatic carbocycles. The molecule has 0 saturated carbocycles. The van der Waals surface area contributed by atoms with E-state index in [1.807, 2.05) is 12.1 Å². The van der Waals surface area contributed by atoms with Gasteiger partial charge in [-0.25, -0.2) is 4.39 Å². The first-order chi connectivity index (χ1) is 6.81. The van der Waals surface area contributed by atoms with Crippen LogP contribution >= 0.6 is 11.3 Å². The number of hydrogen-bond acceptors (Lipinski definition) is 1. The van der Waals surface area contributed by atoms with Gasteiger partial charge < -0.3 is 0 Å². The Labute approximate surface area is 87.4 Å². The van der Waals surface area contributed by atoms with Crippen molar-refractivity contribution in [2.75, 3.05) is 0 Å². The molecule has 0 aliphatic rings. The normalized spacial score (nSPS) is 11.0. The average Bonchev–Trinajstić information content (AvgIpc) is 2.59. The van der Waals surface area contributed by atoms with E-state index in [4.69, 9.17) is 0 Å². The summed E-state index contributed by atoms with van der Waals surface area (Å²) in [6.07, 6.45) is 3.46. The van der Waals surface area contributed by atoms with Gasteiger partial charge in [0.2, 0.25) is 0 Å². The van der Waals surface area contributed by atoms with E-state index in [9.17, 15) is 4.39 Å². The third-order valence-corrected chi connectivity index (χ3v) is 3.50. The van der Waals surface area contributed by atoms with Crippen molar-refractivity contribution < 1.29 is 4.39 Å². The van der Waals surface area contributed by atoms with Crippen molar-refractivity contribution in [3.8, 4) is 0 Å². The fourth-order valence-corrected chi connectivity index (χ4v) is 2.67. The standard InChI is InChI=1S/C12H13FS/c1-2-3-5-9-8-10-11(13)6-4-7-12(10)14-9/h4,6-8H,2-3,5H2,1H3. The Morgan fingerprint density at radius 2 is 2.21 bits per heavy atom. The number of hydrogen-bond donors (Lipinski definition) is 0. The molecule has 0 nitrogen and oxygen atoms in total. The third-order valence-electron chi connectivity index (χ3n) is 2.34. The molecule has 2 heteroatoms. The van der Waals surface area contributed by atoms with E-state index >= 15 is 0 Å². The van der Waals surface area contributed by atoms with Crippen LogP contribution in [0.15, 0.2) is 24.3 Å². The number of thiophene rings is 1. The summed E-state index contributed by atoms with van der Waals surface area (Å²) in [4.78, 5) is 1.30. The van der Waals surface area contributed by atoms with Gasteiger partial charge in [0.1, 0.15) is 5.82 Å². The van der Waals surface area contributed by atoms with E-state index in [1.165, 1.54) is 23.8 Å². The zero-order valence-corrected chi connectivity index (χ0v) is 9.03. The van der Waals surface area contributed by atoms with Crippen molar-refractivity contribution in [2.24, 2.45) is 0 Å². The van der Waals surface area contributed by atoms with Gasteiger partial charge in [-0.3, -0.25) is 0 Å². The monoisotopic (exact) mass is 208 g/mol. The fourth-order valence-electron chi connectivity index (χ4n) is 1.55. The molecule has 0 spiro atoms. The van der Waals surface area contributed by atoms with Gasteiger partial charge in [0.25, 0.3) is 0 Å². The molecule has 74 valence electrons. The molecule has 0 amide bonds. The van der Waals surface area contributed by atoms with Gasteiger partial charge in [0.05, 0.1) is 0 Å². The molecule has 0 radical (unpaired) electrons. The van der Waals surface area contributed by atoms with E-state index in [1.54, 1.807) is 17.4 Å². The molecule has 0 atom stereocenters. The first kappa shape index (κ1) is 9.66. The summed E-state index contributed by atoms with van der Waals surface area (Å²) in [7, 11) is 0. The maximum Gasteiger partial charge on any atom is 0.131 e. The van der Waals surface area contributed by atoms with Gasteiger partial charge in [-0.1, -0.05) is 19.4 Å². The van der Waals surface area contributed by atoms with Crippen LogP contribution in [0.1, 0.15) is 24.6 Å². The smallest absolute Gasteiger partial charge is 0.131 e. The van der Waals surface area contributed by atoms with Crippen LogP contribution in [0.4, 0.5) is 4.39 Å². The first-order valence-electron chi connectivity index (χ1n) is 4.98. The SMILES string of the molecule is CCCCc1cc2c(F)cccc2s1. The average molecular weight is 208 g/mol. The second kappa shape index (κ2) is 4.09. The zero-order chi connectivity index (χ0) is 9.97. The summed E-state index contributed by atoms with van der Waals surface area (Å²) in [5.74, 6) is -0.0958. The minimum atomic E-state index is -0.0958. The molecule has 2 rings (SSSR count). The molecule has 1 heterocycles. The van der Waals surface area contributed by atoms with E-state index < -0.39 is 0 Å². The number of unbranched alkanes of at least 4 members (excludes halogenated alkanes) is 1. The Bertz CT molecular complexity index is 431. The summed E-state index contributed by atoms with van der Waals surface area (Å²) in [5, 5.41) is 0.781. The number of halogens is 1. The highest BCUT2D eigenvalue weighted by molar-refractivity contribution is 7.19. The number of benzene rings is 1. The summed E-state index contributed by atoms with van der Waals surface area (Å²) in [6.45, 7) is 2.17. The molecule has 0 N–H and O–H groups in total. The molecular formula is C12H13FS. The highest BCUT2D eigenvalue weighted by Crippen LogP contribution is 2.28. The van der Waals surface area contributed by atoms with Gasteiger partial charge in [-0.15, -0.1) is 11.3 Å². The summed E-state index contributed by atoms with van der Waals surface area (Å²) in [6, 6.07) is 7.28. The minimum absolute atomic E-state index is 0.0958. The van der Waals surface area contributed by atoms with Crippen LogP contribution < -0.4 is 0 Å². The molecule has 0 saturated heterocycles. The number of fused-ring (bicyclic) bond motifs is 1. The highest BCUT2D eigenvalue weighted by Gasteiger charge is 2.04. The van der Waals surface area contributed by atoms with Crippen LogP contribution in [0.5, 0.6) is 0 Å². The van der Waals surface area contributed by atoms with Gasteiger partial charge in [-0.05, 0) is 31.0 Å². The van der Waals surface area contributed by atoms with Crippen molar-refractivity contribution in [1.82, 2.24) is 0 Å². The molecule has 0 bridgehead atoms. The second-order valence-electron chi connectivity index (χ2n) is 3.47. The van der Waals surface area contributed by atoms with Crippen LogP contribution in [0, 0.1) is 5.82 Å². The van der Waals surface area contributed by atoms with Crippen molar-refractivity contribution in [3.05, 3.63) is 35.0 Å². The number of aryl methyl sites for hydroxylation is 1. The molecule has 0 aliphatic heterocycles. The maximum atomic E-state index is 13.3. The molecule has 14 heavy (non-hydrogen) atoms. The van der Waals surface area contributed by atoms with Gasteiger partial charge in [-0.2, -0.15) is 0 Å². The van der Waals surface area contributed by atoms with E-state index in [2.05, 4.69) is 6.92 Å². The lowest BCUT2D eigenvalue weighted by atomic mass is 10.2. The fraction of sp³-hybridized carbons (Fsp3) is 0.333. The molecule has 1 aromatic heterocycles. The quantitative estimate of drug-likeness (QED) is 0.702. The molecule has 1 aromatic carbocycles. The summed E-state index contributed by atoms with van der Waals surface area (Å²) in [5.41, 5.74) is 0. The van der Waals surface area contributed by atoms with E-state index in [0.29, 0.717) is 0 Å². The van der Waals surface area contributed by atoms with Crippen LogP contribution in [0.25, 0.3) is 10.1 Å². The Kier molecular flexibility index (Phi) is 2.82. The Balaban J connectivity index is 2.36. The minimum Gasteiger partial charge on any atom is -0.206 e. The topological polar surface area (TPSA) is 0 Å². The van der Waals surface area contributed by atoms with Crippen LogP contribution in [-0.2, 0) is 6.42 Å².